The molecule has 0 aliphatic carbocycles. The molecule has 7 heteroatoms. The van der Waals surface area contributed by atoms with Gasteiger partial charge in [-0.1, -0.05) is 50.2 Å². The van der Waals surface area contributed by atoms with Crippen LogP contribution in [-0.2, 0) is 17.9 Å². The third-order valence-electron chi connectivity index (χ3n) is 5.56. The largest absolute Gasteiger partial charge is 0.370 e. The van der Waals surface area contributed by atoms with Gasteiger partial charge >= 0.3 is 0 Å². The highest BCUT2D eigenvalue weighted by atomic mass is 127. The van der Waals surface area contributed by atoms with Gasteiger partial charge in [0.25, 0.3) is 0 Å². The minimum absolute atomic E-state index is 0. The number of aliphatic imine (C=N–C) groups is 1. The summed E-state index contributed by atoms with van der Waals surface area (Å²) < 4.78 is 0. The lowest BCUT2D eigenvalue weighted by Gasteiger charge is -2.31. The number of benzene rings is 2. The summed E-state index contributed by atoms with van der Waals surface area (Å²) in [6.45, 7) is 7.41. The number of hydrogen-bond acceptors (Lipinski definition) is 3. The average molecular weight is 535 g/mol. The average Bonchev–Trinajstić information content (AvgIpc) is 2.73. The van der Waals surface area contributed by atoms with Gasteiger partial charge in [0.2, 0.25) is 5.91 Å². The summed E-state index contributed by atoms with van der Waals surface area (Å²) >= 11 is 0. The molecule has 6 nitrogen and oxygen atoms in total. The Hall–Kier alpha value is -2.13. The lowest BCUT2D eigenvalue weighted by atomic mass is 9.97. The van der Waals surface area contributed by atoms with Crippen molar-refractivity contribution in [2.45, 2.75) is 45.7 Å². The monoisotopic (exact) mass is 535 g/mol. The number of rotatable bonds is 7. The third-order valence-corrected chi connectivity index (χ3v) is 5.56. The van der Waals surface area contributed by atoms with E-state index in [1.165, 1.54) is 11.1 Å². The number of amides is 1. The summed E-state index contributed by atoms with van der Waals surface area (Å²) in [4.78, 5) is 18.3. The van der Waals surface area contributed by atoms with E-state index in [-0.39, 0.29) is 35.8 Å². The number of anilines is 1. The highest BCUT2D eigenvalue weighted by Crippen LogP contribution is 2.20. The Labute approximate surface area is 202 Å². The molecule has 5 N–H and O–H groups in total. The number of hydrogen-bond donors (Lipinski definition) is 3. The van der Waals surface area contributed by atoms with E-state index in [1.54, 1.807) is 0 Å². The van der Waals surface area contributed by atoms with Crippen molar-refractivity contribution < 1.29 is 4.79 Å². The molecule has 2 aromatic carbocycles. The second-order valence-corrected chi connectivity index (χ2v) is 8.40. The fourth-order valence-electron chi connectivity index (χ4n) is 3.86. The minimum atomic E-state index is -0.190. The smallest absolute Gasteiger partial charge is 0.221 e. The van der Waals surface area contributed by atoms with Crippen LogP contribution in [0, 0.1) is 5.92 Å². The normalized spacial score (nSPS) is 17.3. The molecule has 1 heterocycles. The highest BCUT2D eigenvalue weighted by molar-refractivity contribution is 14.0. The number of nitrogens with zero attached hydrogens (tertiary/aromatic N) is 2. The van der Waals surface area contributed by atoms with Crippen LogP contribution in [0.4, 0.5) is 5.69 Å². The highest BCUT2D eigenvalue weighted by Gasteiger charge is 2.23. The van der Waals surface area contributed by atoms with Crippen molar-refractivity contribution in [2.75, 3.05) is 18.4 Å². The summed E-state index contributed by atoms with van der Waals surface area (Å²) in [6.07, 6.45) is 1.91. The Morgan fingerprint density at radius 2 is 1.90 bits per heavy atom. The summed E-state index contributed by atoms with van der Waals surface area (Å²) in [7, 11) is 0. The molecule has 0 spiro atoms. The van der Waals surface area contributed by atoms with Crippen LogP contribution >= 0.6 is 24.0 Å². The molecule has 1 saturated heterocycles. The van der Waals surface area contributed by atoms with Crippen molar-refractivity contribution >= 4 is 41.5 Å². The van der Waals surface area contributed by atoms with Gasteiger partial charge in [-0.15, -0.1) is 24.0 Å². The summed E-state index contributed by atoms with van der Waals surface area (Å²) in [5.41, 5.74) is 16.1. The van der Waals surface area contributed by atoms with Crippen LogP contribution < -0.4 is 16.8 Å². The summed E-state index contributed by atoms with van der Waals surface area (Å²) in [5, 5.41) is 3.18. The van der Waals surface area contributed by atoms with Gasteiger partial charge in [-0.25, -0.2) is 4.99 Å². The van der Waals surface area contributed by atoms with Gasteiger partial charge in [0, 0.05) is 18.8 Å². The zero-order chi connectivity index (χ0) is 21.5. The molecule has 2 aromatic rings. The lowest BCUT2D eigenvalue weighted by molar-refractivity contribution is -0.123. The Morgan fingerprint density at radius 3 is 2.65 bits per heavy atom. The van der Waals surface area contributed by atoms with Gasteiger partial charge < -0.3 is 16.8 Å². The number of piperidine rings is 1. The number of carbonyl (C=O) groups excluding carboxylic acids is 1. The molecule has 1 unspecified atom stereocenters. The number of carbonyl (C=O) groups is 1. The van der Waals surface area contributed by atoms with Crippen molar-refractivity contribution in [1.29, 1.82) is 0 Å². The van der Waals surface area contributed by atoms with E-state index in [1.807, 2.05) is 18.2 Å². The van der Waals surface area contributed by atoms with Crippen LogP contribution in [0.25, 0.3) is 0 Å². The predicted molar refractivity (Wildman–Crippen MR) is 139 cm³/mol. The van der Waals surface area contributed by atoms with Gasteiger partial charge in [-0.2, -0.15) is 0 Å². The van der Waals surface area contributed by atoms with E-state index in [0.29, 0.717) is 18.4 Å². The van der Waals surface area contributed by atoms with Crippen LogP contribution in [-0.4, -0.2) is 29.9 Å². The first-order valence-corrected chi connectivity index (χ1v) is 10.7. The second kappa shape index (κ2) is 12.0. The molecule has 3 rings (SSSR count). The molecule has 0 aromatic heterocycles. The van der Waals surface area contributed by atoms with E-state index < -0.39 is 0 Å². The molecule has 168 valence electrons. The van der Waals surface area contributed by atoms with Crippen molar-refractivity contribution in [2.24, 2.45) is 22.4 Å². The first-order valence-electron chi connectivity index (χ1n) is 10.7. The van der Waals surface area contributed by atoms with Crippen LogP contribution in [0.2, 0.25) is 0 Å². The Bertz CT molecular complexity index is 899. The maximum Gasteiger partial charge on any atom is 0.221 e. The first-order chi connectivity index (χ1) is 14.4. The molecule has 1 amide bonds. The van der Waals surface area contributed by atoms with Crippen LogP contribution in [0.5, 0.6) is 0 Å². The topological polar surface area (TPSA) is 96.7 Å². The Morgan fingerprint density at radius 1 is 1.16 bits per heavy atom. The quantitative estimate of drug-likeness (QED) is 0.283. The summed E-state index contributed by atoms with van der Waals surface area (Å²) in [6, 6.07) is 16.6. The zero-order valence-electron chi connectivity index (χ0n) is 18.4. The van der Waals surface area contributed by atoms with Crippen molar-refractivity contribution in [3.8, 4) is 0 Å². The standard InChI is InChI=1S/C24H33N5O.HI/c1-17(2)20-8-4-10-22(13-20)28-24(26)27-14-18-6-3-7-19(12-18)15-29-11-5-9-21(16-29)23(25)30;/h3-4,6-8,10,12-13,17,21H,5,9,11,14-16H2,1-2H3,(H2,25,30)(H3,26,27,28);1H. The fourth-order valence-corrected chi connectivity index (χ4v) is 3.86. The van der Waals surface area contributed by atoms with Gasteiger partial charge in [0.15, 0.2) is 5.96 Å². The van der Waals surface area contributed by atoms with E-state index >= 15 is 0 Å². The molecule has 1 fully saturated rings. The van der Waals surface area contributed by atoms with Crippen molar-refractivity contribution in [3.05, 3.63) is 65.2 Å². The predicted octanol–water partition coefficient (Wildman–Crippen LogP) is 4.05. The molecular weight excluding hydrogens is 501 g/mol. The fraction of sp³-hybridized carbons (Fsp3) is 0.417. The van der Waals surface area contributed by atoms with Crippen molar-refractivity contribution in [1.82, 2.24) is 4.90 Å². The number of likely N-dealkylation sites (tertiary alicyclic amines) is 1. The first kappa shape index (κ1) is 25.1. The molecule has 1 aliphatic rings. The Kier molecular flexibility index (Phi) is 9.77. The van der Waals surface area contributed by atoms with Crippen LogP contribution in [0.15, 0.2) is 53.5 Å². The molecule has 1 atom stereocenters. The SMILES string of the molecule is CC(C)c1cccc(NC(N)=NCc2cccc(CN3CCCC(C(N)=O)C3)c2)c1.I. The van der Waals surface area contributed by atoms with Crippen molar-refractivity contribution in [3.63, 3.8) is 0 Å². The van der Waals surface area contributed by atoms with E-state index in [4.69, 9.17) is 11.5 Å². The minimum Gasteiger partial charge on any atom is -0.370 e. The molecule has 0 saturated carbocycles. The molecule has 1 aliphatic heterocycles. The number of halogens is 1. The Balaban J connectivity index is 0.00000341. The maximum absolute atomic E-state index is 11.5. The van der Waals surface area contributed by atoms with Crippen LogP contribution in [0.3, 0.4) is 0 Å². The molecular formula is C24H34IN5O. The maximum atomic E-state index is 11.5. The van der Waals surface area contributed by atoms with Gasteiger partial charge in [-0.05, 0) is 54.1 Å². The van der Waals surface area contributed by atoms with E-state index in [9.17, 15) is 4.79 Å². The molecule has 0 bridgehead atoms. The molecule has 31 heavy (non-hydrogen) atoms. The van der Waals surface area contributed by atoms with E-state index in [0.717, 1.165) is 43.7 Å². The zero-order valence-corrected chi connectivity index (χ0v) is 20.7. The van der Waals surface area contributed by atoms with Gasteiger partial charge in [-0.3, -0.25) is 9.69 Å². The van der Waals surface area contributed by atoms with Crippen LogP contribution in [0.1, 0.15) is 49.3 Å². The summed E-state index contributed by atoms with van der Waals surface area (Å²) in [5.74, 6) is 0.642. The van der Waals surface area contributed by atoms with E-state index in [2.05, 4.69) is 59.4 Å². The third kappa shape index (κ3) is 7.81. The van der Waals surface area contributed by atoms with Gasteiger partial charge in [0.05, 0.1) is 12.5 Å². The lowest BCUT2D eigenvalue weighted by Crippen LogP contribution is -2.40. The number of guanidine groups is 1. The number of nitrogens with one attached hydrogen (secondary N) is 1. The van der Waals surface area contributed by atoms with Gasteiger partial charge in [0.1, 0.15) is 0 Å². The number of primary amides is 1. The second-order valence-electron chi connectivity index (χ2n) is 8.40. The number of nitrogens with two attached hydrogens (primary N) is 2. The molecule has 0 radical (unpaired) electrons.